The molecule has 0 spiro atoms. The highest BCUT2D eigenvalue weighted by atomic mass is 35.5. The molecular weight excluding hydrogens is 176 g/mol. The van der Waals surface area contributed by atoms with Gasteiger partial charge in [-0.05, 0) is 6.42 Å². The van der Waals surface area contributed by atoms with E-state index in [9.17, 15) is 8.78 Å². The molecule has 0 aromatic rings. The molecule has 0 aliphatic carbocycles. The fourth-order valence-electron chi connectivity index (χ4n) is 1.06. The molecule has 5 heteroatoms. The summed E-state index contributed by atoms with van der Waals surface area (Å²) in [7, 11) is 0. The molecule has 0 saturated carbocycles. The van der Waals surface area contributed by atoms with Gasteiger partial charge in [-0.3, -0.25) is 4.90 Å². The van der Waals surface area contributed by atoms with Gasteiger partial charge in [0.25, 0.3) is 5.92 Å². The summed E-state index contributed by atoms with van der Waals surface area (Å²) in [6.07, 6.45) is 0.593. The minimum absolute atomic E-state index is 0. The van der Waals surface area contributed by atoms with Gasteiger partial charge in [0, 0.05) is 13.2 Å². The average molecular weight is 188 g/mol. The van der Waals surface area contributed by atoms with E-state index in [1.54, 1.807) is 4.90 Å². The van der Waals surface area contributed by atoms with Crippen molar-refractivity contribution in [2.45, 2.75) is 12.3 Å². The van der Waals surface area contributed by atoms with Gasteiger partial charge < -0.3 is 5.11 Å². The number of likely N-dealkylation sites (tertiary alicyclic amines) is 1. The number of nitrogens with zero attached hydrogens (tertiary/aromatic N) is 1. The van der Waals surface area contributed by atoms with E-state index in [0.717, 1.165) is 0 Å². The number of hydrogen-bond donors (Lipinski definition) is 1. The van der Waals surface area contributed by atoms with Gasteiger partial charge in [0.2, 0.25) is 0 Å². The highest BCUT2D eigenvalue weighted by molar-refractivity contribution is 5.85. The van der Waals surface area contributed by atoms with Crippen molar-refractivity contribution in [3.05, 3.63) is 0 Å². The molecule has 0 aromatic heterocycles. The first kappa shape index (κ1) is 11.1. The molecule has 1 N–H and O–H groups in total. The molecule has 0 atom stereocenters. The van der Waals surface area contributed by atoms with Crippen LogP contribution in [0.1, 0.15) is 6.42 Å². The van der Waals surface area contributed by atoms with Gasteiger partial charge in [0.1, 0.15) is 0 Å². The molecule has 11 heavy (non-hydrogen) atoms. The average Bonchev–Trinajstić information content (AvgIpc) is 1.78. The third kappa shape index (κ3) is 3.31. The summed E-state index contributed by atoms with van der Waals surface area (Å²) in [6.45, 7) is 0.411. The summed E-state index contributed by atoms with van der Waals surface area (Å²) in [5.41, 5.74) is 0. The van der Waals surface area contributed by atoms with Gasteiger partial charge in [-0.25, -0.2) is 8.78 Å². The van der Waals surface area contributed by atoms with Crippen LogP contribution >= 0.6 is 12.4 Å². The van der Waals surface area contributed by atoms with E-state index in [2.05, 4.69) is 0 Å². The zero-order chi connectivity index (χ0) is 7.61. The maximum absolute atomic E-state index is 12.1. The van der Waals surface area contributed by atoms with Gasteiger partial charge in [-0.1, -0.05) is 0 Å². The van der Waals surface area contributed by atoms with Gasteiger partial charge >= 0.3 is 0 Å². The van der Waals surface area contributed by atoms with Crippen molar-refractivity contribution >= 4 is 12.4 Å². The molecule has 1 saturated heterocycles. The van der Waals surface area contributed by atoms with Crippen molar-refractivity contribution in [2.24, 2.45) is 0 Å². The van der Waals surface area contributed by atoms with E-state index >= 15 is 0 Å². The van der Waals surface area contributed by atoms with Crippen LogP contribution in [0.25, 0.3) is 0 Å². The molecule has 1 rings (SSSR count). The predicted molar refractivity (Wildman–Crippen MR) is 40.3 cm³/mol. The van der Waals surface area contributed by atoms with Crippen molar-refractivity contribution in [2.75, 3.05) is 26.2 Å². The maximum Gasteiger partial charge on any atom is 0.272 e. The largest absolute Gasteiger partial charge is 0.396 e. The van der Waals surface area contributed by atoms with Gasteiger partial charge in [-0.2, -0.15) is 0 Å². The van der Waals surface area contributed by atoms with E-state index in [4.69, 9.17) is 5.11 Å². The molecular formula is C6H12ClF2NO. The second-order valence-corrected chi connectivity index (χ2v) is 2.64. The second kappa shape index (κ2) is 4.18. The minimum Gasteiger partial charge on any atom is -0.396 e. The van der Waals surface area contributed by atoms with E-state index in [1.807, 2.05) is 0 Å². The van der Waals surface area contributed by atoms with E-state index < -0.39 is 5.92 Å². The Hall–Kier alpha value is 0.0700. The van der Waals surface area contributed by atoms with Crippen LogP contribution in [0, 0.1) is 0 Å². The molecule has 0 bridgehead atoms. The zero-order valence-corrected chi connectivity index (χ0v) is 6.91. The summed E-state index contributed by atoms with van der Waals surface area (Å²) in [5.74, 6) is -2.46. The number of aliphatic hydroxyl groups is 1. The molecule has 0 aromatic carbocycles. The molecule has 1 aliphatic heterocycles. The molecule has 68 valence electrons. The first-order chi connectivity index (χ1) is 4.64. The first-order valence-corrected chi connectivity index (χ1v) is 3.35. The summed E-state index contributed by atoms with van der Waals surface area (Å²) in [6, 6.07) is 0. The molecule has 2 nitrogen and oxygen atoms in total. The third-order valence-corrected chi connectivity index (χ3v) is 1.54. The Balaban J connectivity index is 0.000001000. The lowest BCUT2D eigenvalue weighted by molar-refractivity contribution is -0.131. The van der Waals surface area contributed by atoms with Gasteiger partial charge in [-0.15, -0.1) is 12.4 Å². The first-order valence-electron chi connectivity index (χ1n) is 3.35. The Morgan fingerprint density at radius 2 is 1.91 bits per heavy atom. The Bertz CT molecular complexity index is 115. The van der Waals surface area contributed by atoms with Gasteiger partial charge in [0.15, 0.2) is 0 Å². The normalized spacial score (nSPS) is 22.1. The topological polar surface area (TPSA) is 23.5 Å². The van der Waals surface area contributed by atoms with Crippen molar-refractivity contribution in [1.29, 1.82) is 0 Å². The van der Waals surface area contributed by atoms with Crippen LogP contribution in [0.2, 0.25) is 0 Å². The Labute approximate surface area is 70.6 Å². The minimum atomic E-state index is -2.46. The summed E-state index contributed by atoms with van der Waals surface area (Å²) in [5, 5.41) is 8.35. The Morgan fingerprint density at radius 3 is 2.27 bits per heavy atom. The molecule has 1 fully saturated rings. The summed E-state index contributed by atoms with van der Waals surface area (Å²) >= 11 is 0. The predicted octanol–water partition coefficient (Wildman–Crippen LogP) is 0.742. The van der Waals surface area contributed by atoms with Crippen LogP contribution in [0.15, 0.2) is 0 Å². The summed E-state index contributed by atoms with van der Waals surface area (Å²) < 4.78 is 24.2. The number of alkyl halides is 2. The number of aliphatic hydroxyl groups excluding tert-OH is 1. The van der Waals surface area contributed by atoms with E-state index in [1.165, 1.54) is 0 Å². The van der Waals surface area contributed by atoms with Crippen LogP contribution in [0.5, 0.6) is 0 Å². The van der Waals surface area contributed by atoms with Crippen molar-refractivity contribution in [3.8, 4) is 0 Å². The Morgan fingerprint density at radius 1 is 1.36 bits per heavy atom. The maximum atomic E-state index is 12.1. The van der Waals surface area contributed by atoms with Crippen molar-refractivity contribution in [3.63, 3.8) is 0 Å². The smallest absolute Gasteiger partial charge is 0.272 e. The third-order valence-electron chi connectivity index (χ3n) is 1.54. The summed E-state index contributed by atoms with van der Waals surface area (Å²) in [4.78, 5) is 1.64. The molecule has 1 aliphatic rings. The van der Waals surface area contributed by atoms with Crippen LogP contribution in [-0.4, -0.2) is 42.2 Å². The SMILES string of the molecule is Cl.OCCCN1CC(F)(F)C1. The number of rotatable bonds is 3. The molecule has 0 unspecified atom stereocenters. The fraction of sp³-hybridized carbons (Fsp3) is 1.00. The zero-order valence-electron chi connectivity index (χ0n) is 6.09. The van der Waals surface area contributed by atoms with Gasteiger partial charge in [0.05, 0.1) is 13.1 Å². The van der Waals surface area contributed by atoms with E-state index in [-0.39, 0.29) is 32.1 Å². The standard InChI is InChI=1S/C6H11F2NO.ClH/c7-6(8)4-9(5-6)2-1-3-10;/h10H,1-5H2;1H. The lowest BCUT2D eigenvalue weighted by atomic mass is 10.1. The number of halogens is 3. The van der Waals surface area contributed by atoms with Crippen LogP contribution in [0.3, 0.4) is 0 Å². The van der Waals surface area contributed by atoms with Crippen LogP contribution in [-0.2, 0) is 0 Å². The second-order valence-electron chi connectivity index (χ2n) is 2.64. The van der Waals surface area contributed by atoms with Crippen LogP contribution < -0.4 is 0 Å². The highest BCUT2D eigenvalue weighted by Gasteiger charge is 2.42. The fourth-order valence-corrected chi connectivity index (χ4v) is 1.06. The lowest BCUT2D eigenvalue weighted by Crippen LogP contribution is -2.56. The molecule has 0 amide bonds. The number of hydrogen-bond acceptors (Lipinski definition) is 2. The lowest BCUT2D eigenvalue weighted by Gasteiger charge is -2.38. The quantitative estimate of drug-likeness (QED) is 0.705. The van der Waals surface area contributed by atoms with Crippen molar-refractivity contribution < 1.29 is 13.9 Å². The molecule has 1 heterocycles. The molecule has 0 radical (unpaired) electrons. The highest BCUT2D eigenvalue weighted by Crippen LogP contribution is 2.26. The Kier molecular flexibility index (Phi) is 4.21. The van der Waals surface area contributed by atoms with E-state index in [0.29, 0.717) is 13.0 Å². The van der Waals surface area contributed by atoms with Crippen molar-refractivity contribution in [1.82, 2.24) is 4.90 Å². The monoisotopic (exact) mass is 187 g/mol. The van der Waals surface area contributed by atoms with Crippen LogP contribution in [0.4, 0.5) is 8.78 Å².